The van der Waals surface area contributed by atoms with Crippen molar-refractivity contribution in [3.8, 4) is 5.69 Å². The Morgan fingerprint density at radius 3 is 2.74 bits per heavy atom. The number of thioether (sulfide) groups is 1. The molecule has 2 aliphatic rings. The van der Waals surface area contributed by atoms with Crippen LogP contribution in [0.15, 0.2) is 82.5 Å². The molecule has 2 aliphatic heterocycles. The first-order valence-electron chi connectivity index (χ1n) is 9.50. The molecule has 6 nitrogen and oxygen atoms in total. The van der Waals surface area contributed by atoms with Crippen molar-refractivity contribution in [2.45, 2.75) is 6.92 Å². The number of fused-ring (bicyclic) bond motifs is 1. The number of amidine groups is 2. The van der Waals surface area contributed by atoms with Crippen LogP contribution >= 0.6 is 11.8 Å². The summed E-state index contributed by atoms with van der Waals surface area (Å²) in [5.74, 6) is -0.902. The fraction of sp³-hybridized carbons (Fsp3) is 0.0435. The van der Waals surface area contributed by atoms with Crippen LogP contribution in [0.3, 0.4) is 0 Å². The van der Waals surface area contributed by atoms with Gasteiger partial charge in [-0.15, -0.1) is 0 Å². The molecule has 3 aromatic rings. The van der Waals surface area contributed by atoms with E-state index in [-0.39, 0.29) is 17.2 Å². The lowest BCUT2D eigenvalue weighted by molar-refractivity contribution is -0.114. The molecule has 0 bridgehead atoms. The quantitative estimate of drug-likeness (QED) is 0.619. The summed E-state index contributed by atoms with van der Waals surface area (Å²) in [4.78, 5) is 16.9. The zero-order valence-corrected chi connectivity index (χ0v) is 17.2. The van der Waals surface area contributed by atoms with Crippen molar-refractivity contribution >= 4 is 39.8 Å². The number of aliphatic imine (C=N–C) groups is 1. The van der Waals surface area contributed by atoms with Gasteiger partial charge >= 0.3 is 0 Å². The molecule has 5 rings (SSSR count). The number of amides is 1. The summed E-state index contributed by atoms with van der Waals surface area (Å²) in [5, 5.41) is 15.5. The van der Waals surface area contributed by atoms with Gasteiger partial charge in [-0.05, 0) is 61.2 Å². The Kier molecular flexibility index (Phi) is 4.63. The van der Waals surface area contributed by atoms with Gasteiger partial charge < -0.3 is 4.57 Å². The maximum Gasteiger partial charge on any atom is 0.283 e. The Bertz CT molecular complexity index is 1340. The summed E-state index contributed by atoms with van der Waals surface area (Å²) in [7, 11) is 0. The number of nitrogens with zero attached hydrogens (tertiary/aromatic N) is 4. The van der Waals surface area contributed by atoms with Crippen LogP contribution in [0.1, 0.15) is 16.8 Å². The van der Waals surface area contributed by atoms with Crippen molar-refractivity contribution in [3.63, 3.8) is 0 Å². The molecule has 1 N–H and O–H groups in total. The average Bonchev–Trinajstić information content (AvgIpc) is 3.38. The SMILES string of the molecule is Cc1cccc(C2=NN3C(=N)/C(=C/c4cccn4-c4cccc(F)c4)C(=O)N=C3S2)c1. The molecule has 8 heteroatoms. The minimum atomic E-state index is -0.503. The van der Waals surface area contributed by atoms with Gasteiger partial charge in [0.1, 0.15) is 10.9 Å². The molecule has 152 valence electrons. The molecule has 0 unspecified atom stereocenters. The number of hydrogen-bond donors (Lipinski definition) is 1. The summed E-state index contributed by atoms with van der Waals surface area (Å²) in [6.07, 6.45) is 3.35. The van der Waals surface area contributed by atoms with Gasteiger partial charge in [-0.1, -0.05) is 29.8 Å². The van der Waals surface area contributed by atoms with E-state index in [9.17, 15) is 9.18 Å². The largest absolute Gasteiger partial charge is 0.317 e. The molecular formula is C23H16FN5OS. The Morgan fingerprint density at radius 1 is 1.10 bits per heavy atom. The minimum Gasteiger partial charge on any atom is -0.317 e. The van der Waals surface area contributed by atoms with E-state index in [1.807, 2.05) is 31.2 Å². The maximum absolute atomic E-state index is 13.7. The second-order valence-electron chi connectivity index (χ2n) is 7.08. The first-order valence-corrected chi connectivity index (χ1v) is 10.3. The maximum atomic E-state index is 13.7. The third-order valence-electron chi connectivity index (χ3n) is 4.88. The van der Waals surface area contributed by atoms with Crippen molar-refractivity contribution < 1.29 is 9.18 Å². The molecule has 0 saturated heterocycles. The molecular weight excluding hydrogens is 413 g/mol. The molecule has 1 amide bonds. The van der Waals surface area contributed by atoms with Crippen LogP contribution in [0.4, 0.5) is 4.39 Å². The van der Waals surface area contributed by atoms with Gasteiger partial charge in [-0.3, -0.25) is 10.2 Å². The second-order valence-corrected chi connectivity index (χ2v) is 8.03. The van der Waals surface area contributed by atoms with E-state index in [1.165, 1.54) is 28.9 Å². The Balaban J connectivity index is 1.51. The number of carbonyl (C=O) groups is 1. The molecule has 0 radical (unpaired) electrons. The number of carbonyl (C=O) groups excluding carboxylic acids is 1. The lowest BCUT2D eigenvalue weighted by atomic mass is 10.1. The molecule has 0 spiro atoms. The van der Waals surface area contributed by atoms with Crippen molar-refractivity contribution in [2.24, 2.45) is 10.1 Å². The van der Waals surface area contributed by atoms with Crippen molar-refractivity contribution in [1.29, 1.82) is 5.41 Å². The van der Waals surface area contributed by atoms with Crippen LogP contribution in [0.2, 0.25) is 0 Å². The molecule has 31 heavy (non-hydrogen) atoms. The van der Waals surface area contributed by atoms with Gasteiger partial charge in [0.05, 0.1) is 5.57 Å². The summed E-state index contributed by atoms with van der Waals surface area (Å²) in [5.41, 5.74) is 3.37. The predicted molar refractivity (Wildman–Crippen MR) is 121 cm³/mol. The Morgan fingerprint density at radius 2 is 1.94 bits per heavy atom. The number of aryl methyl sites for hydroxylation is 1. The number of benzene rings is 2. The molecule has 0 atom stereocenters. The molecule has 0 saturated carbocycles. The van der Waals surface area contributed by atoms with Gasteiger partial charge in [-0.2, -0.15) is 15.1 Å². The van der Waals surface area contributed by atoms with Gasteiger partial charge in [0.2, 0.25) is 5.17 Å². The number of halogens is 1. The van der Waals surface area contributed by atoms with E-state index in [4.69, 9.17) is 5.41 Å². The summed E-state index contributed by atoms with van der Waals surface area (Å²) >= 11 is 1.27. The number of hydrazone groups is 1. The van der Waals surface area contributed by atoms with Crippen LogP contribution in [0.25, 0.3) is 11.8 Å². The van der Waals surface area contributed by atoms with E-state index in [2.05, 4.69) is 10.1 Å². The molecule has 0 fully saturated rings. The Hall–Kier alpha value is -3.78. The highest BCUT2D eigenvalue weighted by Crippen LogP contribution is 2.31. The zero-order valence-electron chi connectivity index (χ0n) is 16.4. The van der Waals surface area contributed by atoms with E-state index in [0.717, 1.165) is 11.1 Å². The minimum absolute atomic E-state index is 0.0443. The van der Waals surface area contributed by atoms with Crippen LogP contribution in [-0.2, 0) is 4.79 Å². The van der Waals surface area contributed by atoms with E-state index >= 15 is 0 Å². The van der Waals surface area contributed by atoms with Gasteiger partial charge in [-0.25, -0.2) is 4.39 Å². The number of rotatable bonds is 3. The van der Waals surface area contributed by atoms with E-state index < -0.39 is 5.91 Å². The van der Waals surface area contributed by atoms with Crippen LogP contribution in [-0.4, -0.2) is 31.5 Å². The topological polar surface area (TPSA) is 73.8 Å². The monoisotopic (exact) mass is 429 g/mol. The van der Waals surface area contributed by atoms with Gasteiger partial charge in [0.25, 0.3) is 5.91 Å². The van der Waals surface area contributed by atoms with Crippen molar-refractivity contribution in [3.05, 3.63) is 95.1 Å². The number of aromatic nitrogens is 1. The van der Waals surface area contributed by atoms with E-state index in [0.29, 0.717) is 21.6 Å². The van der Waals surface area contributed by atoms with Crippen molar-refractivity contribution in [2.75, 3.05) is 0 Å². The highest BCUT2D eigenvalue weighted by molar-refractivity contribution is 8.27. The molecule has 1 aromatic heterocycles. The van der Waals surface area contributed by atoms with Gasteiger partial charge in [0, 0.05) is 23.1 Å². The highest BCUT2D eigenvalue weighted by atomic mass is 32.2. The van der Waals surface area contributed by atoms with Gasteiger partial charge in [0.15, 0.2) is 5.84 Å². The first kappa shape index (κ1) is 19.2. The van der Waals surface area contributed by atoms with Crippen LogP contribution < -0.4 is 0 Å². The van der Waals surface area contributed by atoms with E-state index in [1.54, 1.807) is 41.1 Å². The number of nitrogens with one attached hydrogen (secondary N) is 1. The fourth-order valence-electron chi connectivity index (χ4n) is 3.41. The molecule has 2 aromatic carbocycles. The summed E-state index contributed by atoms with van der Waals surface area (Å²) in [6, 6.07) is 17.6. The molecule has 0 aliphatic carbocycles. The smallest absolute Gasteiger partial charge is 0.283 e. The van der Waals surface area contributed by atoms with Crippen LogP contribution in [0.5, 0.6) is 0 Å². The predicted octanol–water partition coefficient (Wildman–Crippen LogP) is 4.59. The second kappa shape index (κ2) is 7.48. The average molecular weight is 429 g/mol. The van der Waals surface area contributed by atoms with Crippen molar-refractivity contribution in [1.82, 2.24) is 9.58 Å². The normalized spacial score (nSPS) is 17.1. The fourth-order valence-corrected chi connectivity index (χ4v) is 4.29. The van der Waals surface area contributed by atoms with Crippen LogP contribution in [0, 0.1) is 18.2 Å². The highest BCUT2D eigenvalue weighted by Gasteiger charge is 2.36. The molecule has 3 heterocycles. The third-order valence-corrected chi connectivity index (χ3v) is 5.84. The zero-order chi connectivity index (χ0) is 21.5. The summed E-state index contributed by atoms with van der Waals surface area (Å²) < 4.78 is 15.4. The third kappa shape index (κ3) is 3.51. The lowest BCUT2D eigenvalue weighted by Crippen LogP contribution is -2.35. The standard InChI is InChI=1S/C23H16FN5OS/c1-14-5-2-6-15(11-14)22-27-29-20(25)19(21(30)26-23(29)31-22)13-18-9-4-10-28(18)17-8-3-7-16(24)12-17/h2-13,25H,1H3/b19-13-,25-20?. The number of hydrogen-bond acceptors (Lipinski definition) is 4. The first-order chi connectivity index (χ1) is 15.0. The summed E-state index contributed by atoms with van der Waals surface area (Å²) in [6.45, 7) is 1.99. The Labute approximate surface area is 181 Å². The lowest BCUT2D eigenvalue weighted by Gasteiger charge is -2.20.